The van der Waals surface area contributed by atoms with Crippen LogP contribution in [0.5, 0.6) is 0 Å². The van der Waals surface area contributed by atoms with Crippen LogP contribution >= 0.6 is 11.6 Å². The van der Waals surface area contributed by atoms with Gasteiger partial charge in [0, 0.05) is 12.5 Å². The first-order valence-corrected chi connectivity index (χ1v) is 5.58. The Balaban J connectivity index is 3.27. The van der Waals surface area contributed by atoms with Crippen LogP contribution in [0.4, 0.5) is 0 Å². The van der Waals surface area contributed by atoms with Gasteiger partial charge in [0.05, 0.1) is 14.6 Å². The molecule has 1 atom stereocenters. The third kappa shape index (κ3) is 2.41. The molecule has 0 aliphatic rings. The van der Waals surface area contributed by atoms with Crippen molar-refractivity contribution in [3.05, 3.63) is 23.5 Å². The molecule has 1 aromatic rings. The minimum atomic E-state index is -2.63. The second-order valence-corrected chi connectivity index (χ2v) is 4.96. The Morgan fingerprint density at radius 1 is 1.69 bits per heavy atom. The van der Waals surface area contributed by atoms with Gasteiger partial charge >= 0.3 is 0 Å². The van der Waals surface area contributed by atoms with E-state index in [-0.39, 0.29) is 0 Å². The average Bonchev–Trinajstić information content (AvgIpc) is 2.05. The van der Waals surface area contributed by atoms with Gasteiger partial charge in [-0.2, -0.15) is 5.26 Å². The molecule has 1 rings (SSSR count). The summed E-state index contributed by atoms with van der Waals surface area (Å²) in [4.78, 5) is 4.15. The molecule has 0 amide bonds. The first-order valence-electron chi connectivity index (χ1n) is 3.28. The second kappa shape index (κ2) is 3.73. The molecule has 13 heavy (non-hydrogen) atoms. The van der Waals surface area contributed by atoms with Crippen LogP contribution in [-0.4, -0.2) is 15.4 Å². The molecule has 0 aliphatic carbocycles. The molecule has 1 heterocycles. The van der Waals surface area contributed by atoms with E-state index in [1.54, 1.807) is 6.07 Å². The van der Waals surface area contributed by atoms with Gasteiger partial charge in [0.15, 0.2) is 0 Å². The maximum absolute atomic E-state index is 11.6. The summed E-state index contributed by atoms with van der Waals surface area (Å²) in [6.45, 7) is 0. The van der Waals surface area contributed by atoms with Gasteiger partial charge in [0.25, 0.3) is 0 Å². The number of pyridine rings is 1. The lowest BCUT2D eigenvalue weighted by Crippen LogP contribution is -1.97. The van der Waals surface area contributed by atoms with E-state index in [0.717, 1.165) is 0 Å². The second-order valence-electron chi connectivity index (χ2n) is 2.31. The molecule has 0 spiro atoms. The molecule has 0 saturated heterocycles. The summed E-state index contributed by atoms with van der Waals surface area (Å²) in [5.74, 6) is 0. The SMILES string of the molecule is CS(=O)(=NC#N)c1ccc(Cl)nc1. The average molecular weight is 216 g/mol. The third-order valence-electron chi connectivity index (χ3n) is 1.35. The molecule has 1 aromatic heterocycles. The van der Waals surface area contributed by atoms with Crippen molar-refractivity contribution in [3.8, 4) is 6.19 Å². The Bertz CT molecular complexity index is 454. The predicted octanol–water partition coefficient (Wildman–Crippen LogP) is 1.67. The van der Waals surface area contributed by atoms with Crippen molar-refractivity contribution in [1.82, 2.24) is 4.98 Å². The van der Waals surface area contributed by atoms with Gasteiger partial charge in [-0.1, -0.05) is 11.6 Å². The van der Waals surface area contributed by atoms with Crippen LogP contribution in [-0.2, 0) is 9.73 Å². The van der Waals surface area contributed by atoms with Gasteiger partial charge in [-0.15, -0.1) is 4.36 Å². The summed E-state index contributed by atoms with van der Waals surface area (Å²) in [6.07, 6.45) is 4.24. The van der Waals surface area contributed by atoms with Crippen LogP contribution in [0, 0.1) is 11.5 Å². The van der Waals surface area contributed by atoms with Crippen molar-refractivity contribution in [1.29, 1.82) is 5.26 Å². The van der Waals surface area contributed by atoms with E-state index < -0.39 is 9.73 Å². The van der Waals surface area contributed by atoms with Crippen molar-refractivity contribution in [2.75, 3.05) is 6.26 Å². The van der Waals surface area contributed by atoms with Crippen molar-refractivity contribution in [2.45, 2.75) is 4.90 Å². The van der Waals surface area contributed by atoms with E-state index in [1.165, 1.54) is 24.7 Å². The van der Waals surface area contributed by atoms with Crippen LogP contribution in [0.25, 0.3) is 0 Å². The highest BCUT2D eigenvalue weighted by molar-refractivity contribution is 7.93. The van der Waals surface area contributed by atoms with Gasteiger partial charge in [0.1, 0.15) is 5.15 Å². The minimum Gasteiger partial charge on any atom is -0.244 e. The summed E-state index contributed by atoms with van der Waals surface area (Å²) >= 11 is 5.54. The predicted molar refractivity (Wildman–Crippen MR) is 49.6 cm³/mol. The van der Waals surface area contributed by atoms with E-state index in [9.17, 15) is 4.21 Å². The van der Waals surface area contributed by atoms with Crippen molar-refractivity contribution in [2.24, 2.45) is 4.36 Å². The third-order valence-corrected chi connectivity index (χ3v) is 3.12. The van der Waals surface area contributed by atoms with Gasteiger partial charge in [-0.25, -0.2) is 9.19 Å². The zero-order chi connectivity index (χ0) is 9.90. The lowest BCUT2D eigenvalue weighted by atomic mass is 10.5. The lowest BCUT2D eigenvalue weighted by molar-refractivity contribution is 0.680. The molecular weight excluding hydrogens is 210 g/mol. The number of halogens is 1. The number of rotatable bonds is 1. The quantitative estimate of drug-likeness (QED) is 0.529. The smallest absolute Gasteiger partial charge is 0.214 e. The fraction of sp³-hybridized carbons (Fsp3) is 0.143. The van der Waals surface area contributed by atoms with Gasteiger partial charge < -0.3 is 0 Å². The standard InChI is InChI=1S/C7H6ClN3OS/c1-13(12,11-5-9)6-2-3-7(8)10-4-6/h2-4H,1H3. The first kappa shape index (κ1) is 9.96. The normalized spacial score (nSPS) is 14.2. The molecule has 0 aliphatic heterocycles. The summed E-state index contributed by atoms with van der Waals surface area (Å²) in [5, 5.41) is 8.59. The molecule has 6 heteroatoms. The van der Waals surface area contributed by atoms with Gasteiger partial charge in [-0.3, -0.25) is 0 Å². The summed E-state index contributed by atoms with van der Waals surface area (Å²) in [5.41, 5.74) is 0. The summed E-state index contributed by atoms with van der Waals surface area (Å²) < 4.78 is 14.9. The van der Waals surface area contributed by atoms with Gasteiger partial charge in [0.2, 0.25) is 6.19 Å². The fourth-order valence-corrected chi connectivity index (χ4v) is 1.66. The molecule has 4 nitrogen and oxygen atoms in total. The van der Waals surface area contributed by atoms with Crippen molar-refractivity contribution >= 4 is 21.3 Å². The Kier molecular flexibility index (Phi) is 2.86. The number of aromatic nitrogens is 1. The Morgan fingerprint density at radius 3 is 2.85 bits per heavy atom. The van der Waals surface area contributed by atoms with E-state index in [2.05, 4.69) is 9.35 Å². The van der Waals surface area contributed by atoms with E-state index in [1.807, 2.05) is 0 Å². The largest absolute Gasteiger partial charge is 0.244 e. The molecule has 0 radical (unpaired) electrons. The van der Waals surface area contributed by atoms with Crippen molar-refractivity contribution in [3.63, 3.8) is 0 Å². The van der Waals surface area contributed by atoms with Crippen LogP contribution in [0.15, 0.2) is 27.6 Å². The van der Waals surface area contributed by atoms with Crippen molar-refractivity contribution < 1.29 is 4.21 Å². The molecule has 0 saturated carbocycles. The zero-order valence-electron chi connectivity index (χ0n) is 6.77. The number of hydrogen-bond donors (Lipinski definition) is 0. The summed E-state index contributed by atoms with van der Waals surface area (Å²) in [7, 11) is -2.63. The topological polar surface area (TPSA) is 66.1 Å². The molecule has 0 aromatic carbocycles. The van der Waals surface area contributed by atoms with Crippen LogP contribution < -0.4 is 0 Å². The Hall–Kier alpha value is -1.12. The highest BCUT2D eigenvalue weighted by atomic mass is 35.5. The highest BCUT2D eigenvalue weighted by Crippen LogP contribution is 2.12. The maximum atomic E-state index is 11.6. The van der Waals surface area contributed by atoms with E-state index in [0.29, 0.717) is 10.0 Å². The number of hydrogen-bond acceptors (Lipinski definition) is 4. The first-order chi connectivity index (χ1) is 6.06. The highest BCUT2D eigenvalue weighted by Gasteiger charge is 2.05. The van der Waals surface area contributed by atoms with Crippen LogP contribution in [0.1, 0.15) is 0 Å². The minimum absolute atomic E-state index is 0.316. The van der Waals surface area contributed by atoms with E-state index >= 15 is 0 Å². The number of nitrogens with zero attached hydrogens (tertiary/aromatic N) is 3. The maximum Gasteiger partial charge on any atom is 0.214 e. The molecular formula is C7H6ClN3OS. The lowest BCUT2D eigenvalue weighted by Gasteiger charge is -1.99. The molecule has 0 bridgehead atoms. The van der Waals surface area contributed by atoms with Crippen LogP contribution in [0.3, 0.4) is 0 Å². The molecule has 1 unspecified atom stereocenters. The zero-order valence-corrected chi connectivity index (χ0v) is 8.34. The molecule has 68 valence electrons. The monoisotopic (exact) mass is 215 g/mol. The Morgan fingerprint density at radius 2 is 2.38 bits per heavy atom. The fourth-order valence-electron chi connectivity index (χ4n) is 0.717. The number of nitriles is 1. The van der Waals surface area contributed by atoms with Gasteiger partial charge in [-0.05, 0) is 12.1 Å². The Labute approximate surface area is 81.4 Å². The van der Waals surface area contributed by atoms with Crippen LogP contribution in [0.2, 0.25) is 5.15 Å². The molecule has 0 N–H and O–H groups in total. The molecule has 0 fully saturated rings. The summed E-state index contributed by atoms with van der Waals surface area (Å²) in [6, 6.07) is 3.05. The van der Waals surface area contributed by atoms with E-state index in [4.69, 9.17) is 16.9 Å².